The number of rotatable bonds is 6. The van der Waals surface area contributed by atoms with E-state index >= 15 is 0 Å². The normalized spacial score (nSPS) is 13.3. The molecular formula is C20H20Br2N2O4S. The summed E-state index contributed by atoms with van der Waals surface area (Å²) in [6.07, 6.45) is 0.878. The zero-order valence-electron chi connectivity index (χ0n) is 15.7. The maximum absolute atomic E-state index is 12.9. The number of hydrogen-bond donors (Lipinski definition) is 1. The summed E-state index contributed by atoms with van der Waals surface area (Å²) >= 11 is 6.66. The SMILES string of the molecule is CCC(=O)N1CCc2cc(Br)c(S(=O)(=O)CCC(=O)Nc3ccc(Br)cc3)cc21. The Labute approximate surface area is 186 Å². The van der Waals surface area contributed by atoms with Gasteiger partial charge in [0.05, 0.1) is 10.6 Å². The third-order valence-corrected chi connectivity index (χ3v) is 7.89. The van der Waals surface area contributed by atoms with E-state index in [1.807, 2.05) is 0 Å². The van der Waals surface area contributed by atoms with Crippen molar-refractivity contribution in [1.82, 2.24) is 0 Å². The number of anilines is 2. The van der Waals surface area contributed by atoms with Crippen LogP contribution >= 0.6 is 31.9 Å². The number of halogens is 2. The van der Waals surface area contributed by atoms with Crippen LogP contribution < -0.4 is 10.2 Å². The molecule has 0 unspecified atom stereocenters. The molecule has 0 spiro atoms. The fraction of sp³-hybridized carbons (Fsp3) is 0.300. The van der Waals surface area contributed by atoms with Crippen LogP contribution in [0.4, 0.5) is 11.4 Å². The molecule has 2 aromatic carbocycles. The highest BCUT2D eigenvalue weighted by molar-refractivity contribution is 9.10. The van der Waals surface area contributed by atoms with E-state index in [9.17, 15) is 18.0 Å². The highest BCUT2D eigenvalue weighted by Gasteiger charge is 2.28. The third kappa shape index (κ3) is 5.07. The molecule has 1 aliphatic heterocycles. The number of hydrogen-bond acceptors (Lipinski definition) is 4. The molecule has 1 aliphatic rings. The molecule has 2 aromatic rings. The molecule has 1 heterocycles. The lowest BCUT2D eigenvalue weighted by molar-refractivity contribution is -0.118. The van der Waals surface area contributed by atoms with Crippen molar-refractivity contribution in [3.63, 3.8) is 0 Å². The van der Waals surface area contributed by atoms with Crippen LogP contribution in [0.15, 0.2) is 50.2 Å². The molecular weight excluding hydrogens is 524 g/mol. The van der Waals surface area contributed by atoms with E-state index in [1.54, 1.807) is 48.2 Å². The van der Waals surface area contributed by atoms with E-state index in [2.05, 4.69) is 37.2 Å². The van der Waals surface area contributed by atoms with Crippen LogP contribution in [0.5, 0.6) is 0 Å². The van der Waals surface area contributed by atoms with Gasteiger partial charge < -0.3 is 10.2 Å². The molecule has 6 nitrogen and oxygen atoms in total. The Kier molecular flexibility index (Phi) is 6.80. The number of carbonyl (C=O) groups excluding carboxylic acids is 2. The molecule has 0 saturated heterocycles. The maximum atomic E-state index is 12.9. The first-order chi connectivity index (χ1) is 13.7. The summed E-state index contributed by atoms with van der Waals surface area (Å²) in [5.41, 5.74) is 2.17. The summed E-state index contributed by atoms with van der Waals surface area (Å²) in [5, 5.41) is 2.69. The molecule has 2 amide bonds. The molecule has 0 saturated carbocycles. The number of nitrogens with one attached hydrogen (secondary N) is 1. The van der Waals surface area contributed by atoms with Crippen LogP contribution in [-0.2, 0) is 25.8 Å². The molecule has 0 fully saturated rings. The van der Waals surface area contributed by atoms with Crippen molar-refractivity contribution in [2.45, 2.75) is 31.1 Å². The fourth-order valence-corrected chi connectivity index (χ4v) is 5.89. The first-order valence-corrected chi connectivity index (χ1v) is 12.4. The number of amides is 2. The second-order valence-corrected chi connectivity index (χ2v) is 10.5. The van der Waals surface area contributed by atoms with E-state index < -0.39 is 9.84 Å². The summed E-state index contributed by atoms with van der Waals surface area (Å²) in [4.78, 5) is 26.0. The van der Waals surface area contributed by atoms with Gasteiger partial charge in [-0.25, -0.2) is 8.42 Å². The summed E-state index contributed by atoms with van der Waals surface area (Å²) in [6, 6.07) is 10.3. The zero-order chi connectivity index (χ0) is 21.2. The number of sulfone groups is 1. The zero-order valence-corrected chi connectivity index (χ0v) is 19.7. The third-order valence-electron chi connectivity index (χ3n) is 4.69. The lowest BCUT2D eigenvalue weighted by atomic mass is 10.2. The van der Waals surface area contributed by atoms with Gasteiger partial charge in [0.1, 0.15) is 0 Å². The molecule has 154 valence electrons. The van der Waals surface area contributed by atoms with E-state index in [-0.39, 0.29) is 28.9 Å². The number of fused-ring (bicyclic) bond motifs is 1. The standard InChI is InChI=1S/C20H20Br2N2O4S/c1-2-20(26)24-9-7-13-11-16(22)18(12-17(13)24)29(27,28)10-8-19(25)23-15-5-3-14(21)4-6-15/h3-6,11-12H,2,7-10H2,1H3,(H,23,25). The predicted molar refractivity (Wildman–Crippen MR) is 120 cm³/mol. The van der Waals surface area contributed by atoms with Gasteiger partial charge in [-0.05, 0) is 64.3 Å². The van der Waals surface area contributed by atoms with E-state index in [1.165, 1.54) is 0 Å². The van der Waals surface area contributed by atoms with Crippen molar-refractivity contribution < 1.29 is 18.0 Å². The van der Waals surface area contributed by atoms with Crippen LogP contribution in [0, 0.1) is 0 Å². The van der Waals surface area contributed by atoms with Gasteiger partial charge in [-0.1, -0.05) is 22.9 Å². The second kappa shape index (κ2) is 8.97. The van der Waals surface area contributed by atoms with E-state index in [4.69, 9.17) is 0 Å². The fourth-order valence-electron chi connectivity index (χ4n) is 3.17. The Morgan fingerprint density at radius 3 is 2.48 bits per heavy atom. The highest BCUT2D eigenvalue weighted by atomic mass is 79.9. The first-order valence-electron chi connectivity index (χ1n) is 9.12. The lowest BCUT2D eigenvalue weighted by Crippen LogP contribution is -2.28. The average molecular weight is 544 g/mol. The molecule has 9 heteroatoms. The Morgan fingerprint density at radius 1 is 1.14 bits per heavy atom. The monoisotopic (exact) mass is 542 g/mol. The van der Waals surface area contributed by atoms with Crippen LogP contribution in [0.25, 0.3) is 0 Å². The van der Waals surface area contributed by atoms with Gasteiger partial charge >= 0.3 is 0 Å². The van der Waals surface area contributed by atoms with Gasteiger partial charge in [-0.2, -0.15) is 0 Å². The van der Waals surface area contributed by atoms with Crippen LogP contribution in [-0.4, -0.2) is 32.5 Å². The van der Waals surface area contributed by atoms with Crippen molar-refractivity contribution in [2.75, 3.05) is 22.5 Å². The molecule has 0 radical (unpaired) electrons. The maximum Gasteiger partial charge on any atom is 0.226 e. The van der Waals surface area contributed by atoms with Gasteiger partial charge in [0.25, 0.3) is 0 Å². The van der Waals surface area contributed by atoms with Gasteiger partial charge in [0, 0.05) is 39.7 Å². The van der Waals surface area contributed by atoms with Crippen molar-refractivity contribution in [2.24, 2.45) is 0 Å². The smallest absolute Gasteiger partial charge is 0.226 e. The van der Waals surface area contributed by atoms with Crippen molar-refractivity contribution in [1.29, 1.82) is 0 Å². The minimum atomic E-state index is -3.72. The van der Waals surface area contributed by atoms with Gasteiger partial charge in [0.2, 0.25) is 11.8 Å². The highest BCUT2D eigenvalue weighted by Crippen LogP contribution is 2.36. The summed E-state index contributed by atoms with van der Waals surface area (Å²) < 4.78 is 27.1. The molecule has 3 rings (SSSR count). The van der Waals surface area contributed by atoms with Gasteiger partial charge in [-0.15, -0.1) is 0 Å². The van der Waals surface area contributed by atoms with Gasteiger partial charge in [-0.3, -0.25) is 9.59 Å². The summed E-state index contributed by atoms with van der Waals surface area (Å²) in [6.45, 7) is 2.33. The van der Waals surface area contributed by atoms with Gasteiger partial charge in [0.15, 0.2) is 9.84 Å². The number of nitrogens with zero attached hydrogens (tertiary/aromatic N) is 1. The van der Waals surface area contributed by atoms with Crippen LogP contribution in [0.2, 0.25) is 0 Å². The molecule has 0 aromatic heterocycles. The predicted octanol–water partition coefficient (Wildman–Crippen LogP) is 4.31. The lowest BCUT2D eigenvalue weighted by Gasteiger charge is -2.18. The Morgan fingerprint density at radius 2 is 1.83 bits per heavy atom. The molecule has 0 aliphatic carbocycles. The topological polar surface area (TPSA) is 83.6 Å². The van der Waals surface area contributed by atoms with E-state index in [0.29, 0.717) is 35.2 Å². The quantitative estimate of drug-likeness (QED) is 0.588. The molecule has 0 atom stereocenters. The van der Waals surface area contributed by atoms with Crippen molar-refractivity contribution >= 4 is 64.9 Å². The van der Waals surface area contributed by atoms with Crippen molar-refractivity contribution in [3.8, 4) is 0 Å². The average Bonchev–Trinajstić information content (AvgIpc) is 3.09. The van der Waals surface area contributed by atoms with Crippen molar-refractivity contribution in [3.05, 3.63) is 50.9 Å². The minimum absolute atomic E-state index is 0.0386. The molecule has 1 N–H and O–H groups in total. The van der Waals surface area contributed by atoms with Crippen LogP contribution in [0.3, 0.4) is 0 Å². The van der Waals surface area contributed by atoms with Crippen LogP contribution in [0.1, 0.15) is 25.3 Å². The molecule has 29 heavy (non-hydrogen) atoms. The second-order valence-electron chi connectivity index (χ2n) is 6.68. The Bertz CT molecular complexity index is 1050. The summed E-state index contributed by atoms with van der Waals surface area (Å²) in [5.74, 6) is -0.742. The summed E-state index contributed by atoms with van der Waals surface area (Å²) in [7, 11) is -3.72. The Balaban J connectivity index is 1.75. The number of carbonyl (C=O) groups is 2. The molecule has 0 bridgehead atoms. The van der Waals surface area contributed by atoms with E-state index in [0.717, 1.165) is 10.0 Å². The Hall–Kier alpha value is -1.71. The minimum Gasteiger partial charge on any atom is -0.326 e. The number of benzene rings is 2. The first kappa shape index (κ1) is 22.0. The largest absolute Gasteiger partial charge is 0.326 e.